The van der Waals surface area contributed by atoms with Gasteiger partial charge in [0, 0.05) is 6.54 Å². The Labute approximate surface area is 132 Å². The lowest BCUT2D eigenvalue weighted by molar-refractivity contribution is -0.117. The van der Waals surface area contributed by atoms with Gasteiger partial charge in [-0.3, -0.25) is 9.69 Å². The molecule has 0 unspecified atom stereocenters. The minimum Gasteiger partial charge on any atom is -0.322 e. The quantitative estimate of drug-likeness (QED) is 0.855. The molecule has 0 saturated carbocycles. The third-order valence-electron chi connectivity index (χ3n) is 3.42. The lowest BCUT2D eigenvalue weighted by atomic mass is 10.1. The van der Waals surface area contributed by atoms with Crippen LogP contribution in [0.4, 0.5) is 18.9 Å². The number of benzene rings is 2. The smallest absolute Gasteiger partial charge is 0.238 e. The molecule has 3 nitrogen and oxygen atoms in total. The van der Waals surface area contributed by atoms with Crippen molar-refractivity contribution in [3.05, 3.63) is 65.0 Å². The SMILES string of the molecule is Cc1ccccc1CN(C)CC(=O)Nc1ccc(F)c(F)c1F. The molecule has 122 valence electrons. The van der Waals surface area contributed by atoms with Crippen molar-refractivity contribution < 1.29 is 18.0 Å². The molecular formula is C17H17F3N2O. The van der Waals surface area contributed by atoms with Gasteiger partial charge in [0.25, 0.3) is 0 Å². The van der Waals surface area contributed by atoms with Gasteiger partial charge in [0.05, 0.1) is 12.2 Å². The van der Waals surface area contributed by atoms with Gasteiger partial charge in [-0.2, -0.15) is 0 Å². The maximum absolute atomic E-state index is 13.5. The lowest BCUT2D eigenvalue weighted by Crippen LogP contribution is -2.30. The average Bonchev–Trinajstić information content (AvgIpc) is 2.50. The van der Waals surface area contributed by atoms with Crippen LogP contribution in [0, 0.1) is 24.4 Å². The van der Waals surface area contributed by atoms with Gasteiger partial charge in [0.1, 0.15) is 0 Å². The van der Waals surface area contributed by atoms with Gasteiger partial charge in [0.15, 0.2) is 17.5 Å². The Morgan fingerprint density at radius 1 is 1.09 bits per heavy atom. The number of carbonyl (C=O) groups excluding carboxylic acids is 1. The number of nitrogens with zero attached hydrogens (tertiary/aromatic N) is 1. The maximum atomic E-state index is 13.5. The molecule has 1 N–H and O–H groups in total. The molecule has 6 heteroatoms. The van der Waals surface area contributed by atoms with Crippen LogP contribution < -0.4 is 5.32 Å². The molecule has 0 heterocycles. The monoisotopic (exact) mass is 322 g/mol. The molecule has 0 aliphatic heterocycles. The summed E-state index contributed by atoms with van der Waals surface area (Å²) >= 11 is 0. The average molecular weight is 322 g/mol. The second kappa shape index (κ2) is 7.28. The van der Waals surface area contributed by atoms with Gasteiger partial charge < -0.3 is 5.32 Å². The molecule has 0 saturated heterocycles. The highest BCUT2D eigenvalue weighted by molar-refractivity contribution is 5.92. The molecule has 2 rings (SSSR count). The van der Waals surface area contributed by atoms with E-state index in [1.54, 1.807) is 11.9 Å². The zero-order valence-electron chi connectivity index (χ0n) is 12.9. The Morgan fingerprint density at radius 2 is 1.78 bits per heavy atom. The minimum absolute atomic E-state index is 0.00717. The second-order valence-electron chi connectivity index (χ2n) is 5.37. The summed E-state index contributed by atoms with van der Waals surface area (Å²) in [6.07, 6.45) is 0. The topological polar surface area (TPSA) is 32.3 Å². The van der Waals surface area contributed by atoms with E-state index in [0.29, 0.717) is 6.54 Å². The number of hydrogen-bond acceptors (Lipinski definition) is 2. The molecule has 0 aromatic heterocycles. The highest BCUT2D eigenvalue weighted by Gasteiger charge is 2.16. The number of anilines is 1. The number of hydrogen-bond donors (Lipinski definition) is 1. The molecule has 2 aromatic rings. The van der Waals surface area contributed by atoms with E-state index in [4.69, 9.17) is 0 Å². The molecule has 23 heavy (non-hydrogen) atoms. The molecule has 1 amide bonds. The van der Waals surface area contributed by atoms with Gasteiger partial charge in [-0.25, -0.2) is 13.2 Å². The molecule has 0 fully saturated rings. The molecule has 0 aliphatic rings. The Morgan fingerprint density at radius 3 is 2.48 bits per heavy atom. The van der Waals surface area contributed by atoms with Gasteiger partial charge in [-0.1, -0.05) is 24.3 Å². The van der Waals surface area contributed by atoms with Crippen molar-refractivity contribution in [1.29, 1.82) is 0 Å². The van der Waals surface area contributed by atoms with Crippen molar-refractivity contribution in [2.75, 3.05) is 18.9 Å². The normalized spacial score (nSPS) is 10.9. The molecular weight excluding hydrogens is 305 g/mol. The number of likely N-dealkylation sites (N-methyl/N-ethyl adjacent to an activating group) is 1. The first-order valence-electron chi connectivity index (χ1n) is 7.05. The van der Waals surface area contributed by atoms with Crippen LogP contribution in [0.1, 0.15) is 11.1 Å². The Hall–Kier alpha value is -2.34. The van der Waals surface area contributed by atoms with Crippen molar-refractivity contribution >= 4 is 11.6 Å². The van der Waals surface area contributed by atoms with E-state index in [1.807, 2.05) is 31.2 Å². The van der Waals surface area contributed by atoms with Gasteiger partial charge in [-0.15, -0.1) is 0 Å². The van der Waals surface area contributed by atoms with Crippen LogP contribution in [0.3, 0.4) is 0 Å². The van der Waals surface area contributed by atoms with E-state index >= 15 is 0 Å². The van der Waals surface area contributed by atoms with Crippen LogP contribution in [-0.4, -0.2) is 24.4 Å². The third kappa shape index (κ3) is 4.32. The van der Waals surface area contributed by atoms with Crippen LogP contribution in [0.2, 0.25) is 0 Å². The number of aryl methyl sites for hydroxylation is 1. The largest absolute Gasteiger partial charge is 0.322 e. The fraction of sp³-hybridized carbons (Fsp3) is 0.235. The van der Waals surface area contributed by atoms with E-state index < -0.39 is 23.4 Å². The number of rotatable bonds is 5. The number of halogens is 3. The van der Waals surface area contributed by atoms with Crippen LogP contribution in [0.15, 0.2) is 36.4 Å². The van der Waals surface area contributed by atoms with E-state index in [0.717, 1.165) is 23.3 Å². The van der Waals surface area contributed by atoms with Crippen molar-refractivity contribution in [3.63, 3.8) is 0 Å². The first-order valence-corrected chi connectivity index (χ1v) is 7.05. The predicted molar refractivity (Wildman–Crippen MR) is 82.5 cm³/mol. The fourth-order valence-corrected chi connectivity index (χ4v) is 2.19. The van der Waals surface area contributed by atoms with E-state index in [9.17, 15) is 18.0 Å². The second-order valence-corrected chi connectivity index (χ2v) is 5.37. The first kappa shape index (κ1) is 17.0. The molecule has 2 aromatic carbocycles. The van der Waals surface area contributed by atoms with Crippen molar-refractivity contribution in [1.82, 2.24) is 4.90 Å². The fourth-order valence-electron chi connectivity index (χ4n) is 2.19. The summed E-state index contributed by atoms with van der Waals surface area (Å²) in [6.45, 7) is 2.51. The van der Waals surface area contributed by atoms with Crippen LogP contribution in [0.5, 0.6) is 0 Å². The number of carbonyl (C=O) groups is 1. The van der Waals surface area contributed by atoms with Gasteiger partial charge in [0.2, 0.25) is 5.91 Å². The van der Waals surface area contributed by atoms with Gasteiger partial charge >= 0.3 is 0 Å². The van der Waals surface area contributed by atoms with Crippen molar-refractivity contribution in [2.45, 2.75) is 13.5 Å². The Balaban J connectivity index is 1.97. The summed E-state index contributed by atoms with van der Waals surface area (Å²) in [5.74, 6) is -4.81. The zero-order valence-corrected chi connectivity index (χ0v) is 12.9. The van der Waals surface area contributed by atoms with E-state index in [-0.39, 0.29) is 12.2 Å². The molecule has 0 atom stereocenters. The minimum atomic E-state index is -1.60. The summed E-state index contributed by atoms with van der Waals surface area (Å²) in [7, 11) is 1.74. The molecule has 0 aliphatic carbocycles. The van der Waals surface area contributed by atoms with Crippen molar-refractivity contribution in [3.8, 4) is 0 Å². The van der Waals surface area contributed by atoms with Crippen LogP contribution in [0.25, 0.3) is 0 Å². The van der Waals surface area contributed by atoms with Crippen LogP contribution in [-0.2, 0) is 11.3 Å². The molecule has 0 radical (unpaired) electrons. The lowest BCUT2D eigenvalue weighted by Gasteiger charge is -2.17. The Kier molecular flexibility index (Phi) is 5.39. The summed E-state index contributed by atoms with van der Waals surface area (Å²) in [4.78, 5) is 13.7. The predicted octanol–water partition coefficient (Wildman–Crippen LogP) is 3.48. The van der Waals surface area contributed by atoms with Crippen LogP contribution >= 0.6 is 0 Å². The highest BCUT2D eigenvalue weighted by Crippen LogP contribution is 2.19. The standard InChI is InChI=1S/C17H17F3N2O/c1-11-5-3-4-6-12(11)9-22(2)10-15(23)21-14-8-7-13(18)16(19)17(14)20/h3-8H,9-10H2,1-2H3,(H,21,23). The zero-order chi connectivity index (χ0) is 17.0. The summed E-state index contributed by atoms with van der Waals surface area (Å²) in [5, 5.41) is 2.25. The van der Waals surface area contributed by atoms with Crippen molar-refractivity contribution in [2.24, 2.45) is 0 Å². The first-order chi connectivity index (χ1) is 10.9. The van der Waals surface area contributed by atoms with E-state index in [1.165, 1.54) is 0 Å². The summed E-state index contributed by atoms with van der Waals surface area (Å²) in [5.41, 5.74) is 1.80. The number of nitrogens with one attached hydrogen (secondary N) is 1. The third-order valence-corrected chi connectivity index (χ3v) is 3.42. The summed E-state index contributed by atoms with van der Waals surface area (Å²) in [6, 6.07) is 9.53. The van der Waals surface area contributed by atoms with Gasteiger partial charge in [-0.05, 0) is 37.2 Å². The summed E-state index contributed by atoms with van der Waals surface area (Å²) < 4.78 is 39.5. The Bertz CT molecular complexity index is 719. The van der Waals surface area contributed by atoms with E-state index in [2.05, 4.69) is 5.32 Å². The number of amides is 1. The molecule has 0 spiro atoms. The highest BCUT2D eigenvalue weighted by atomic mass is 19.2. The molecule has 0 bridgehead atoms. The maximum Gasteiger partial charge on any atom is 0.238 e.